The highest BCUT2D eigenvalue weighted by Crippen LogP contribution is 2.39. The van der Waals surface area contributed by atoms with Crippen molar-refractivity contribution in [3.8, 4) is 11.3 Å². The third kappa shape index (κ3) is 5.22. The molecule has 39 heavy (non-hydrogen) atoms. The zero-order valence-corrected chi connectivity index (χ0v) is 20.6. The van der Waals surface area contributed by atoms with Gasteiger partial charge in [0.05, 0.1) is 17.4 Å². The van der Waals surface area contributed by atoms with Gasteiger partial charge in [0, 0.05) is 37.4 Å². The van der Waals surface area contributed by atoms with Gasteiger partial charge in [-0.2, -0.15) is 13.2 Å². The highest BCUT2D eigenvalue weighted by atomic mass is 19.4. The molecule has 7 nitrogen and oxygen atoms in total. The van der Waals surface area contributed by atoms with Gasteiger partial charge < -0.3 is 9.30 Å². The van der Waals surface area contributed by atoms with Crippen LogP contribution in [0.2, 0.25) is 0 Å². The Bertz CT molecular complexity index is 1620. The van der Waals surface area contributed by atoms with E-state index in [1.807, 2.05) is 0 Å². The van der Waals surface area contributed by atoms with E-state index >= 15 is 4.39 Å². The molecule has 2 unspecified atom stereocenters. The van der Waals surface area contributed by atoms with E-state index in [0.717, 1.165) is 11.6 Å². The van der Waals surface area contributed by atoms with Crippen LogP contribution in [0.25, 0.3) is 22.4 Å². The minimum atomic E-state index is -4.78. The highest BCUT2D eigenvalue weighted by Gasteiger charge is 2.33. The van der Waals surface area contributed by atoms with Crippen molar-refractivity contribution in [3.63, 3.8) is 0 Å². The van der Waals surface area contributed by atoms with Crippen molar-refractivity contribution in [2.75, 3.05) is 6.61 Å². The molecule has 0 radical (unpaired) electrons. The van der Waals surface area contributed by atoms with Gasteiger partial charge in [-0.3, -0.25) is 4.79 Å². The fraction of sp³-hybridized carbons (Fsp3) is 0.346. The lowest BCUT2D eigenvalue weighted by Gasteiger charge is -2.29. The first-order valence-electron chi connectivity index (χ1n) is 11.9. The van der Waals surface area contributed by atoms with Crippen molar-refractivity contribution < 1.29 is 31.1 Å². The smallest absolute Gasteiger partial charge is 0.373 e. The summed E-state index contributed by atoms with van der Waals surface area (Å²) < 4.78 is 89.0. The Morgan fingerprint density at radius 1 is 1.08 bits per heavy atom. The molecule has 1 aromatic carbocycles. The summed E-state index contributed by atoms with van der Waals surface area (Å²) in [6, 6.07) is 4.97. The monoisotopic (exact) mass is 549 g/mol. The van der Waals surface area contributed by atoms with Crippen LogP contribution in [0.5, 0.6) is 0 Å². The number of aryl methyl sites for hydroxylation is 2. The summed E-state index contributed by atoms with van der Waals surface area (Å²) in [5.41, 5.74) is -2.32. The SMILES string of the molecule is Cc1nc2nc(C3CCOC(c4ccc(=O)n(C)c4)C3)nc(-c3ccc(C(F)(F)F)cc3F)c2nc1C(F)F. The molecule has 4 aromatic rings. The molecule has 1 aliphatic heterocycles. The molecular formula is C26H21F6N5O2. The first-order chi connectivity index (χ1) is 18.4. The van der Waals surface area contributed by atoms with Gasteiger partial charge in [-0.1, -0.05) is 0 Å². The molecule has 0 spiro atoms. The van der Waals surface area contributed by atoms with Gasteiger partial charge in [-0.25, -0.2) is 33.1 Å². The van der Waals surface area contributed by atoms with Crippen LogP contribution in [0.15, 0.2) is 41.3 Å². The molecule has 1 aliphatic rings. The van der Waals surface area contributed by atoms with E-state index in [4.69, 9.17) is 4.74 Å². The number of pyridine rings is 1. The lowest BCUT2D eigenvalue weighted by molar-refractivity contribution is -0.137. The number of benzene rings is 1. The van der Waals surface area contributed by atoms with Crippen molar-refractivity contribution in [1.82, 2.24) is 24.5 Å². The largest absolute Gasteiger partial charge is 0.416 e. The fourth-order valence-electron chi connectivity index (χ4n) is 4.59. The summed E-state index contributed by atoms with van der Waals surface area (Å²) in [5.74, 6) is -1.39. The van der Waals surface area contributed by atoms with Crippen LogP contribution >= 0.6 is 0 Å². The van der Waals surface area contributed by atoms with Crippen LogP contribution in [0.4, 0.5) is 26.3 Å². The van der Waals surface area contributed by atoms with Gasteiger partial charge in [0.15, 0.2) is 5.65 Å². The number of halogens is 6. The summed E-state index contributed by atoms with van der Waals surface area (Å²) in [7, 11) is 1.61. The number of rotatable bonds is 4. The molecule has 5 rings (SSSR count). The number of hydrogen-bond acceptors (Lipinski definition) is 6. The van der Waals surface area contributed by atoms with Crippen molar-refractivity contribution in [3.05, 3.63) is 81.0 Å². The van der Waals surface area contributed by atoms with Gasteiger partial charge in [-0.05, 0) is 49.6 Å². The molecule has 0 aliphatic carbocycles. The molecule has 3 aromatic heterocycles. The third-order valence-corrected chi connectivity index (χ3v) is 6.65. The zero-order valence-electron chi connectivity index (χ0n) is 20.6. The number of aromatic nitrogens is 5. The van der Waals surface area contributed by atoms with E-state index in [9.17, 15) is 26.7 Å². The van der Waals surface area contributed by atoms with Gasteiger partial charge >= 0.3 is 6.18 Å². The second-order valence-corrected chi connectivity index (χ2v) is 9.28. The molecule has 1 saturated heterocycles. The molecule has 204 valence electrons. The molecule has 0 bridgehead atoms. The maximum absolute atomic E-state index is 15.1. The summed E-state index contributed by atoms with van der Waals surface area (Å²) in [6.07, 6.45) is -5.71. The Morgan fingerprint density at radius 2 is 1.85 bits per heavy atom. The number of alkyl halides is 5. The number of nitrogens with zero attached hydrogens (tertiary/aromatic N) is 5. The van der Waals surface area contributed by atoms with Crippen LogP contribution in [0.1, 0.15) is 59.6 Å². The van der Waals surface area contributed by atoms with Crippen molar-refractivity contribution in [2.45, 2.75) is 44.4 Å². The van der Waals surface area contributed by atoms with Gasteiger partial charge in [0.1, 0.15) is 28.5 Å². The molecule has 2 atom stereocenters. The molecule has 0 N–H and O–H groups in total. The van der Waals surface area contributed by atoms with Crippen LogP contribution in [-0.4, -0.2) is 31.1 Å². The second kappa shape index (κ2) is 10.0. The van der Waals surface area contributed by atoms with Crippen LogP contribution < -0.4 is 5.56 Å². The van der Waals surface area contributed by atoms with Crippen LogP contribution in [-0.2, 0) is 18.0 Å². The predicted molar refractivity (Wildman–Crippen MR) is 128 cm³/mol. The topological polar surface area (TPSA) is 82.8 Å². The van der Waals surface area contributed by atoms with Gasteiger partial charge in [0.25, 0.3) is 6.43 Å². The summed E-state index contributed by atoms with van der Waals surface area (Å²) in [4.78, 5) is 28.8. The van der Waals surface area contributed by atoms with Crippen LogP contribution in [0.3, 0.4) is 0 Å². The van der Waals surface area contributed by atoms with E-state index in [0.29, 0.717) is 31.6 Å². The maximum atomic E-state index is 15.1. The number of fused-ring (bicyclic) bond motifs is 1. The van der Waals surface area contributed by atoms with Crippen molar-refractivity contribution in [2.24, 2.45) is 7.05 Å². The molecular weight excluding hydrogens is 528 g/mol. The van der Waals surface area contributed by atoms with E-state index in [1.54, 1.807) is 19.3 Å². The zero-order chi connectivity index (χ0) is 28.1. The van der Waals surface area contributed by atoms with E-state index < -0.39 is 35.8 Å². The average Bonchev–Trinajstić information content (AvgIpc) is 2.88. The number of ether oxygens (including phenoxy) is 1. The second-order valence-electron chi connectivity index (χ2n) is 9.28. The van der Waals surface area contributed by atoms with Crippen molar-refractivity contribution in [1.29, 1.82) is 0 Å². The summed E-state index contributed by atoms with van der Waals surface area (Å²) >= 11 is 0. The van der Waals surface area contributed by atoms with Crippen molar-refractivity contribution >= 4 is 11.2 Å². The lowest BCUT2D eigenvalue weighted by Crippen LogP contribution is -2.23. The first-order valence-corrected chi connectivity index (χ1v) is 11.9. The third-order valence-electron chi connectivity index (χ3n) is 6.65. The minimum Gasteiger partial charge on any atom is -0.373 e. The molecule has 0 saturated carbocycles. The quantitative estimate of drug-likeness (QED) is 0.298. The Hall–Kier alpha value is -3.87. The van der Waals surface area contributed by atoms with E-state index in [2.05, 4.69) is 19.9 Å². The molecule has 4 heterocycles. The summed E-state index contributed by atoms with van der Waals surface area (Å²) in [5, 5.41) is 0. The Morgan fingerprint density at radius 3 is 2.51 bits per heavy atom. The van der Waals surface area contributed by atoms with E-state index in [-0.39, 0.29) is 45.4 Å². The Kier molecular flexibility index (Phi) is 6.87. The minimum absolute atomic E-state index is 0.0821. The standard InChI is InChI=1S/C26H21F6N5O2/c1-12-20(23(28)29)34-22-21(16-5-4-15(10-17(16)27)26(30,31)32)35-24(36-25(22)33-12)13-7-8-39-18(9-13)14-3-6-19(38)37(2)11-14/h3-6,10-11,13,18,23H,7-9H2,1-2H3. The first kappa shape index (κ1) is 26.7. The van der Waals surface area contributed by atoms with E-state index in [1.165, 1.54) is 17.6 Å². The fourth-order valence-corrected chi connectivity index (χ4v) is 4.59. The molecule has 13 heteroatoms. The summed E-state index contributed by atoms with van der Waals surface area (Å²) in [6.45, 7) is 1.64. The Labute approximate surface area is 217 Å². The predicted octanol–water partition coefficient (Wildman–Crippen LogP) is 5.82. The lowest BCUT2D eigenvalue weighted by atomic mass is 9.91. The van der Waals surface area contributed by atoms with Gasteiger partial charge in [-0.15, -0.1) is 0 Å². The normalized spacial score (nSPS) is 18.2. The Balaban J connectivity index is 1.64. The number of hydrogen-bond donors (Lipinski definition) is 0. The average molecular weight is 549 g/mol. The maximum Gasteiger partial charge on any atom is 0.416 e. The highest BCUT2D eigenvalue weighted by molar-refractivity contribution is 5.87. The molecule has 0 amide bonds. The van der Waals surface area contributed by atoms with Crippen LogP contribution in [0, 0.1) is 12.7 Å². The molecule has 1 fully saturated rings. The van der Waals surface area contributed by atoms with Gasteiger partial charge in [0.2, 0.25) is 5.56 Å².